The van der Waals surface area contributed by atoms with Crippen molar-refractivity contribution in [2.75, 3.05) is 13.6 Å². The molecule has 0 aliphatic carbocycles. The Labute approximate surface area is 108 Å². The standard InChI is InChI=1S/C13H19Cl2N/c1-9(2)11(8-16-3)6-10-7-12(14)4-5-13(10)15/h4-5,7,9,11,16H,6,8H2,1-3H3. The maximum absolute atomic E-state index is 6.17. The van der Waals surface area contributed by atoms with Gasteiger partial charge in [0, 0.05) is 10.0 Å². The predicted molar refractivity (Wildman–Crippen MR) is 72.4 cm³/mol. The molecule has 1 rings (SSSR count). The summed E-state index contributed by atoms with van der Waals surface area (Å²) in [6.45, 7) is 5.47. The van der Waals surface area contributed by atoms with Crippen molar-refractivity contribution in [3.05, 3.63) is 33.8 Å². The van der Waals surface area contributed by atoms with Crippen LogP contribution in [0.25, 0.3) is 0 Å². The Bertz CT molecular complexity index is 337. The van der Waals surface area contributed by atoms with Crippen molar-refractivity contribution in [2.45, 2.75) is 20.3 Å². The zero-order valence-corrected chi connectivity index (χ0v) is 11.6. The van der Waals surface area contributed by atoms with Crippen molar-refractivity contribution < 1.29 is 0 Å². The first-order valence-corrected chi connectivity index (χ1v) is 6.38. The molecule has 0 saturated carbocycles. The molecule has 1 N–H and O–H groups in total. The Kier molecular flexibility index (Phi) is 5.60. The SMILES string of the molecule is CNCC(Cc1cc(Cl)ccc1Cl)C(C)C. The van der Waals surface area contributed by atoms with E-state index in [9.17, 15) is 0 Å². The molecule has 0 amide bonds. The van der Waals surface area contributed by atoms with Gasteiger partial charge in [-0.25, -0.2) is 0 Å². The second-order valence-electron chi connectivity index (χ2n) is 4.50. The number of benzene rings is 1. The Morgan fingerprint density at radius 3 is 2.50 bits per heavy atom. The molecule has 3 heteroatoms. The third-order valence-corrected chi connectivity index (χ3v) is 3.50. The van der Waals surface area contributed by atoms with E-state index in [0.29, 0.717) is 11.8 Å². The lowest BCUT2D eigenvalue weighted by atomic mass is 9.89. The lowest BCUT2D eigenvalue weighted by Gasteiger charge is -2.21. The van der Waals surface area contributed by atoms with Gasteiger partial charge in [-0.2, -0.15) is 0 Å². The topological polar surface area (TPSA) is 12.0 Å². The van der Waals surface area contributed by atoms with Crippen molar-refractivity contribution in [3.63, 3.8) is 0 Å². The molecule has 0 aliphatic heterocycles. The van der Waals surface area contributed by atoms with Gasteiger partial charge >= 0.3 is 0 Å². The first-order chi connectivity index (χ1) is 7.54. The zero-order valence-electron chi connectivity index (χ0n) is 10.1. The van der Waals surface area contributed by atoms with E-state index in [1.165, 1.54) is 0 Å². The van der Waals surface area contributed by atoms with Gasteiger partial charge in [-0.1, -0.05) is 37.0 Å². The number of rotatable bonds is 5. The minimum absolute atomic E-state index is 0.584. The van der Waals surface area contributed by atoms with Gasteiger partial charge in [0.25, 0.3) is 0 Å². The summed E-state index contributed by atoms with van der Waals surface area (Å²) in [5.74, 6) is 1.21. The average Bonchev–Trinajstić information content (AvgIpc) is 2.22. The van der Waals surface area contributed by atoms with Crippen molar-refractivity contribution in [1.82, 2.24) is 5.32 Å². The first-order valence-electron chi connectivity index (χ1n) is 5.63. The smallest absolute Gasteiger partial charge is 0.0439 e. The van der Waals surface area contributed by atoms with E-state index in [2.05, 4.69) is 19.2 Å². The van der Waals surface area contributed by atoms with Crippen LogP contribution >= 0.6 is 23.2 Å². The Morgan fingerprint density at radius 1 is 1.25 bits per heavy atom. The van der Waals surface area contributed by atoms with Gasteiger partial charge in [0.05, 0.1) is 0 Å². The largest absolute Gasteiger partial charge is 0.319 e. The molecule has 16 heavy (non-hydrogen) atoms. The highest BCUT2D eigenvalue weighted by Gasteiger charge is 2.15. The lowest BCUT2D eigenvalue weighted by molar-refractivity contribution is 0.370. The minimum Gasteiger partial charge on any atom is -0.319 e. The van der Waals surface area contributed by atoms with Gasteiger partial charge in [0.2, 0.25) is 0 Å². The summed E-state index contributed by atoms with van der Waals surface area (Å²) in [5, 5.41) is 4.79. The Hall–Kier alpha value is -0.240. The highest BCUT2D eigenvalue weighted by molar-refractivity contribution is 6.33. The van der Waals surface area contributed by atoms with Crippen LogP contribution in [0.2, 0.25) is 10.0 Å². The second kappa shape index (κ2) is 6.48. The normalized spacial score (nSPS) is 13.1. The van der Waals surface area contributed by atoms with Crippen LogP contribution in [-0.2, 0) is 6.42 Å². The highest BCUT2D eigenvalue weighted by atomic mass is 35.5. The van der Waals surface area contributed by atoms with Crippen LogP contribution in [0, 0.1) is 11.8 Å². The van der Waals surface area contributed by atoms with Gasteiger partial charge in [-0.3, -0.25) is 0 Å². The average molecular weight is 260 g/mol. The summed E-state index contributed by atoms with van der Waals surface area (Å²) in [7, 11) is 1.98. The fourth-order valence-electron chi connectivity index (χ4n) is 1.79. The maximum Gasteiger partial charge on any atom is 0.0439 e. The summed E-state index contributed by atoms with van der Waals surface area (Å²) in [5.41, 5.74) is 1.14. The molecular weight excluding hydrogens is 241 g/mol. The zero-order chi connectivity index (χ0) is 12.1. The molecule has 1 aromatic rings. The van der Waals surface area contributed by atoms with Gasteiger partial charge in [-0.05, 0) is 55.6 Å². The highest BCUT2D eigenvalue weighted by Crippen LogP contribution is 2.25. The van der Waals surface area contributed by atoms with E-state index in [1.54, 1.807) is 0 Å². The number of nitrogens with one attached hydrogen (secondary N) is 1. The van der Waals surface area contributed by atoms with Gasteiger partial charge in [0.1, 0.15) is 0 Å². The van der Waals surface area contributed by atoms with Crippen LogP contribution < -0.4 is 5.32 Å². The third-order valence-electron chi connectivity index (χ3n) is 2.90. The van der Waals surface area contributed by atoms with Crippen LogP contribution in [0.3, 0.4) is 0 Å². The summed E-state index contributed by atoms with van der Waals surface area (Å²) < 4.78 is 0. The van der Waals surface area contributed by atoms with E-state index >= 15 is 0 Å². The number of halogens is 2. The molecule has 0 saturated heterocycles. The molecule has 0 spiro atoms. The summed E-state index contributed by atoms with van der Waals surface area (Å²) >= 11 is 12.1. The van der Waals surface area contributed by atoms with Gasteiger partial charge in [0.15, 0.2) is 0 Å². The van der Waals surface area contributed by atoms with Crippen molar-refractivity contribution in [1.29, 1.82) is 0 Å². The molecule has 1 atom stereocenters. The molecule has 0 aliphatic rings. The maximum atomic E-state index is 6.17. The lowest BCUT2D eigenvalue weighted by Crippen LogP contribution is -2.25. The second-order valence-corrected chi connectivity index (χ2v) is 5.35. The van der Waals surface area contributed by atoms with E-state index < -0.39 is 0 Å². The van der Waals surface area contributed by atoms with Crippen molar-refractivity contribution in [2.24, 2.45) is 11.8 Å². The number of hydrogen-bond donors (Lipinski definition) is 1. The molecule has 1 nitrogen and oxygen atoms in total. The molecule has 0 bridgehead atoms. The van der Waals surface area contributed by atoms with Crippen LogP contribution in [0.1, 0.15) is 19.4 Å². The summed E-state index contributed by atoms with van der Waals surface area (Å²) in [6.07, 6.45) is 0.970. The molecule has 0 aromatic heterocycles. The monoisotopic (exact) mass is 259 g/mol. The van der Waals surface area contributed by atoms with Crippen LogP contribution in [-0.4, -0.2) is 13.6 Å². The predicted octanol–water partition coefficient (Wildman–Crippen LogP) is 4.03. The van der Waals surface area contributed by atoms with Crippen LogP contribution in [0.4, 0.5) is 0 Å². The quantitative estimate of drug-likeness (QED) is 0.842. The molecule has 1 unspecified atom stereocenters. The first kappa shape index (κ1) is 13.8. The van der Waals surface area contributed by atoms with Crippen LogP contribution in [0.5, 0.6) is 0 Å². The van der Waals surface area contributed by atoms with Crippen LogP contribution in [0.15, 0.2) is 18.2 Å². The third kappa shape index (κ3) is 3.97. The Balaban J connectivity index is 2.80. The fraction of sp³-hybridized carbons (Fsp3) is 0.538. The van der Waals surface area contributed by atoms with Gasteiger partial charge in [-0.15, -0.1) is 0 Å². The fourth-order valence-corrected chi connectivity index (χ4v) is 2.18. The molecule has 90 valence electrons. The van der Waals surface area contributed by atoms with Crippen molar-refractivity contribution in [3.8, 4) is 0 Å². The minimum atomic E-state index is 0.584. The Morgan fingerprint density at radius 2 is 1.94 bits per heavy atom. The van der Waals surface area contributed by atoms with E-state index in [-0.39, 0.29) is 0 Å². The molecule has 0 heterocycles. The molecule has 0 fully saturated rings. The summed E-state index contributed by atoms with van der Waals surface area (Å²) in [6, 6.07) is 5.67. The van der Waals surface area contributed by atoms with Gasteiger partial charge < -0.3 is 5.32 Å². The van der Waals surface area contributed by atoms with E-state index in [1.807, 2.05) is 25.2 Å². The van der Waals surface area contributed by atoms with E-state index in [4.69, 9.17) is 23.2 Å². The summed E-state index contributed by atoms with van der Waals surface area (Å²) in [4.78, 5) is 0. The molecular formula is C13H19Cl2N. The van der Waals surface area contributed by atoms with E-state index in [0.717, 1.165) is 28.6 Å². The molecule has 1 aromatic carbocycles. The van der Waals surface area contributed by atoms with Crippen molar-refractivity contribution >= 4 is 23.2 Å². The molecule has 0 radical (unpaired) electrons. The number of hydrogen-bond acceptors (Lipinski definition) is 1.